The Morgan fingerprint density at radius 1 is 0.256 bits per heavy atom. The van der Waals surface area contributed by atoms with Gasteiger partial charge in [0.25, 0.3) is 0 Å². The van der Waals surface area contributed by atoms with Crippen molar-refractivity contribution in [3.8, 4) is 0 Å². The van der Waals surface area contributed by atoms with E-state index in [9.17, 15) is 0 Å². The summed E-state index contributed by atoms with van der Waals surface area (Å²) in [6, 6.07) is 0. The highest BCUT2D eigenvalue weighted by Gasteiger charge is 2.06. The van der Waals surface area contributed by atoms with E-state index in [1.807, 2.05) is 0 Å². The van der Waals surface area contributed by atoms with E-state index in [1.165, 1.54) is 244 Å². The quantitative estimate of drug-likeness (QED) is 0.0613. The molecule has 0 saturated heterocycles. The maximum absolute atomic E-state index is 4.28. The molecular formula is C43H87. The molecule has 0 heteroatoms. The molecule has 1 radical (unpaired) electrons. The fraction of sp³-hybridized carbons (Fsp3) is 0.977. The molecule has 259 valence electrons. The molecule has 0 aromatic rings. The molecule has 0 aliphatic heterocycles. The summed E-state index contributed by atoms with van der Waals surface area (Å²) < 4.78 is 0. The highest BCUT2D eigenvalue weighted by molar-refractivity contribution is 4.62. The first-order valence-corrected chi connectivity index (χ1v) is 21.1. The maximum atomic E-state index is 4.28. The Kier molecular flexibility index (Phi) is 40.0. The Hall–Kier alpha value is 0. The van der Waals surface area contributed by atoms with Crippen LogP contribution in [0.4, 0.5) is 0 Å². The third-order valence-electron chi connectivity index (χ3n) is 10.3. The van der Waals surface area contributed by atoms with Gasteiger partial charge in [-0.05, 0) is 5.92 Å². The Bertz CT molecular complexity index is 453. The summed E-state index contributed by atoms with van der Waals surface area (Å²) in [5.74, 6) is 0.905. The second-order valence-corrected chi connectivity index (χ2v) is 14.8. The third kappa shape index (κ3) is 38.1. The summed E-state index contributed by atoms with van der Waals surface area (Å²) in [7, 11) is 0. The van der Waals surface area contributed by atoms with Gasteiger partial charge in [0.15, 0.2) is 0 Å². The van der Waals surface area contributed by atoms with Gasteiger partial charge >= 0.3 is 0 Å². The Balaban J connectivity index is 3.24. The predicted molar refractivity (Wildman–Crippen MR) is 200 cm³/mol. The molecule has 0 nitrogen and oxygen atoms in total. The predicted octanol–water partition coefficient (Wildman–Crippen LogP) is 16.7. The van der Waals surface area contributed by atoms with Gasteiger partial charge in [-0.15, -0.1) is 0 Å². The van der Waals surface area contributed by atoms with Crippen molar-refractivity contribution in [3.63, 3.8) is 0 Å². The number of hydrogen-bond donors (Lipinski definition) is 0. The van der Waals surface area contributed by atoms with Crippen LogP contribution >= 0.6 is 0 Å². The van der Waals surface area contributed by atoms with Crippen molar-refractivity contribution in [2.24, 2.45) is 5.92 Å². The lowest BCUT2D eigenvalue weighted by atomic mass is 9.92. The van der Waals surface area contributed by atoms with Crippen molar-refractivity contribution in [2.45, 2.75) is 264 Å². The van der Waals surface area contributed by atoms with Crippen LogP contribution in [0.5, 0.6) is 0 Å². The fourth-order valence-electron chi connectivity index (χ4n) is 7.10. The SMILES string of the molecule is [CH2]CC(CCCCCCCCCCCCCCCCCCC)CCCCCCCCCCCCCCCCCCCCC. The van der Waals surface area contributed by atoms with E-state index in [2.05, 4.69) is 20.8 Å². The van der Waals surface area contributed by atoms with Gasteiger partial charge in [0.2, 0.25) is 0 Å². The largest absolute Gasteiger partial charge is 0.0654 e. The molecule has 0 aliphatic rings. The van der Waals surface area contributed by atoms with Crippen LogP contribution in [0.1, 0.15) is 264 Å². The summed E-state index contributed by atoms with van der Waals surface area (Å²) in [6.07, 6.45) is 57.0. The molecule has 0 spiro atoms. The topological polar surface area (TPSA) is 0 Å². The van der Waals surface area contributed by atoms with Crippen LogP contribution in [0.15, 0.2) is 0 Å². The average Bonchev–Trinajstić information content (AvgIpc) is 3.02. The first-order chi connectivity index (χ1) is 21.3. The van der Waals surface area contributed by atoms with Crippen molar-refractivity contribution >= 4 is 0 Å². The summed E-state index contributed by atoms with van der Waals surface area (Å²) in [4.78, 5) is 0. The molecule has 0 saturated carbocycles. The van der Waals surface area contributed by atoms with Crippen LogP contribution in [0.3, 0.4) is 0 Å². The van der Waals surface area contributed by atoms with Gasteiger partial charge in [-0.25, -0.2) is 0 Å². The van der Waals surface area contributed by atoms with Gasteiger partial charge in [-0.2, -0.15) is 0 Å². The minimum atomic E-state index is 0.905. The smallest absolute Gasteiger partial charge is 0.0414 e. The van der Waals surface area contributed by atoms with Crippen LogP contribution in [-0.4, -0.2) is 0 Å². The molecule has 0 aliphatic carbocycles. The second kappa shape index (κ2) is 40.0. The fourth-order valence-corrected chi connectivity index (χ4v) is 7.10. The number of hydrogen-bond acceptors (Lipinski definition) is 0. The number of unbranched alkanes of at least 4 members (excludes halogenated alkanes) is 34. The Labute approximate surface area is 276 Å². The second-order valence-electron chi connectivity index (χ2n) is 14.8. The minimum Gasteiger partial charge on any atom is -0.0654 e. The first kappa shape index (κ1) is 43.0. The Morgan fingerprint density at radius 3 is 0.581 bits per heavy atom. The molecule has 0 amide bonds. The van der Waals surface area contributed by atoms with E-state index in [0.717, 1.165) is 12.3 Å². The van der Waals surface area contributed by atoms with Crippen LogP contribution in [0, 0.1) is 12.8 Å². The first-order valence-electron chi connectivity index (χ1n) is 21.1. The highest BCUT2D eigenvalue weighted by atomic mass is 14.1. The third-order valence-corrected chi connectivity index (χ3v) is 10.3. The zero-order valence-corrected chi connectivity index (χ0v) is 30.9. The van der Waals surface area contributed by atoms with Crippen molar-refractivity contribution in [2.75, 3.05) is 0 Å². The number of rotatable bonds is 39. The summed E-state index contributed by atoms with van der Waals surface area (Å²) in [5.41, 5.74) is 0. The Morgan fingerprint density at radius 2 is 0.419 bits per heavy atom. The maximum Gasteiger partial charge on any atom is -0.0414 e. The summed E-state index contributed by atoms with van der Waals surface area (Å²) >= 11 is 0. The van der Waals surface area contributed by atoms with E-state index >= 15 is 0 Å². The molecule has 1 atom stereocenters. The molecule has 1 unspecified atom stereocenters. The van der Waals surface area contributed by atoms with Crippen molar-refractivity contribution in [1.82, 2.24) is 0 Å². The van der Waals surface area contributed by atoms with Crippen LogP contribution in [-0.2, 0) is 0 Å². The molecule has 0 rings (SSSR count). The zero-order valence-electron chi connectivity index (χ0n) is 30.9. The van der Waals surface area contributed by atoms with Crippen molar-refractivity contribution in [1.29, 1.82) is 0 Å². The molecule has 0 N–H and O–H groups in total. The lowest BCUT2D eigenvalue weighted by Crippen LogP contribution is -1.99. The minimum absolute atomic E-state index is 0.905. The lowest BCUT2D eigenvalue weighted by Gasteiger charge is -2.14. The molecular weight excluding hydrogens is 516 g/mol. The highest BCUT2D eigenvalue weighted by Crippen LogP contribution is 2.22. The van der Waals surface area contributed by atoms with Gasteiger partial charge in [0.1, 0.15) is 0 Å². The molecule has 0 aromatic heterocycles. The molecule has 43 heavy (non-hydrogen) atoms. The van der Waals surface area contributed by atoms with Crippen molar-refractivity contribution < 1.29 is 0 Å². The van der Waals surface area contributed by atoms with Gasteiger partial charge in [0.05, 0.1) is 0 Å². The molecule has 0 aromatic carbocycles. The van der Waals surface area contributed by atoms with Crippen LogP contribution in [0.25, 0.3) is 0 Å². The summed E-state index contributed by atoms with van der Waals surface area (Å²) in [6.45, 7) is 8.90. The normalized spacial score (nSPS) is 12.3. The molecule has 0 heterocycles. The molecule has 0 bridgehead atoms. The standard InChI is InChI=1S/C43H87/c1-4-7-9-11-13-15-17-19-21-23-24-26-28-30-32-34-36-38-40-42-43(6-3)41-39-37-35-33-31-29-27-25-22-20-18-16-14-12-10-8-5-2/h43H,3-42H2,1-2H3. The van der Waals surface area contributed by atoms with E-state index in [-0.39, 0.29) is 0 Å². The van der Waals surface area contributed by atoms with E-state index in [4.69, 9.17) is 0 Å². The zero-order chi connectivity index (χ0) is 31.2. The lowest BCUT2D eigenvalue weighted by molar-refractivity contribution is 0.404. The van der Waals surface area contributed by atoms with Crippen molar-refractivity contribution in [3.05, 3.63) is 6.92 Å². The summed E-state index contributed by atoms with van der Waals surface area (Å²) in [5, 5.41) is 0. The van der Waals surface area contributed by atoms with Crippen LogP contribution < -0.4 is 0 Å². The van der Waals surface area contributed by atoms with Gasteiger partial charge in [-0.3, -0.25) is 0 Å². The van der Waals surface area contributed by atoms with Crippen LogP contribution in [0.2, 0.25) is 0 Å². The van der Waals surface area contributed by atoms with E-state index in [0.29, 0.717) is 0 Å². The van der Waals surface area contributed by atoms with Gasteiger partial charge in [0, 0.05) is 0 Å². The average molecular weight is 604 g/mol. The van der Waals surface area contributed by atoms with Gasteiger partial charge in [-0.1, -0.05) is 271 Å². The van der Waals surface area contributed by atoms with E-state index in [1.54, 1.807) is 0 Å². The van der Waals surface area contributed by atoms with E-state index < -0.39 is 0 Å². The molecule has 0 fully saturated rings. The van der Waals surface area contributed by atoms with Gasteiger partial charge < -0.3 is 0 Å². The monoisotopic (exact) mass is 604 g/mol.